The molecule has 3 aromatic carbocycles. The van der Waals surface area contributed by atoms with Gasteiger partial charge in [-0.05, 0) is 40.5 Å². The van der Waals surface area contributed by atoms with Crippen LogP contribution >= 0.6 is 0 Å². The van der Waals surface area contributed by atoms with Crippen LogP contribution < -0.4 is 15.7 Å². The lowest BCUT2D eigenvalue weighted by Crippen LogP contribution is -2.35. The van der Waals surface area contributed by atoms with E-state index in [4.69, 9.17) is 0 Å². The smallest absolute Gasteiger partial charge is 0.423 e. The third kappa shape index (κ3) is 5.08. The number of hydrogen-bond acceptors (Lipinski definition) is 4. The second kappa shape index (κ2) is 10.8. The number of carbonyl (C=O) groups is 1. The minimum Gasteiger partial charge on any atom is -0.423 e. The summed E-state index contributed by atoms with van der Waals surface area (Å²) in [6.45, 7) is 10.4. The molecule has 0 aromatic heterocycles. The predicted molar refractivity (Wildman–Crippen MR) is 139 cm³/mol. The molecule has 0 spiro atoms. The Labute approximate surface area is 195 Å². The van der Waals surface area contributed by atoms with Gasteiger partial charge in [0.2, 0.25) is 5.91 Å². The molecule has 168 valence electrons. The number of nitrogens with zero attached hydrogens (tertiary/aromatic N) is 1. The van der Waals surface area contributed by atoms with Crippen molar-refractivity contribution >= 4 is 47.1 Å². The Bertz CT molecular complexity index is 1220. The van der Waals surface area contributed by atoms with E-state index in [2.05, 4.69) is 29.4 Å². The number of benzene rings is 3. The molecular formula is C27H29BN2O3. The van der Waals surface area contributed by atoms with Crippen LogP contribution in [0, 0.1) is 0 Å². The molecule has 0 saturated heterocycles. The first-order chi connectivity index (χ1) is 15.9. The number of fused-ring (bicyclic) bond motifs is 1. The summed E-state index contributed by atoms with van der Waals surface area (Å²) in [5.41, 5.74) is 5.20. The average molecular weight is 440 g/mol. The monoisotopic (exact) mass is 440 g/mol. The van der Waals surface area contributed by atoms with Crippen molar-refractivity contribution in [3.8, 4) is 0 Å². The molecule has 0 radical (unpaired) electrons. The first-order valence-corrected chi connectivity index (χ1v) is 10.8. The summed E-state index contributed by atoms with van der Waals surface area (Å²) in [4.78, 5) is 14.0. The van der Waals surface area contributed by atoms with Gasteiger partial charge in [0, 0.05) is 31.1 Å². The van der Waals surface area contributed by atoms with Gasteiger partial charge in [0.1, 0.15) is 0 Å². The van der Waals surface area contributed by atoms with E-state index in [1.807, 2.05) is 62.5 Å². The van der Waals surface area contributed by atoms with Gasteiger partial charge in [-0.25, -0.2) is 0 Å². The molecule has 0 aliphatic carbocycles. The highest BCUT2D eigenvalue weighted by Gasteiger charge is 2.21. The van der Waals surface area contributed by atoms with Gasteiger partial charge in [-0.1, -0.05) is 79.9 Å². The lowest BCUT2D eigenvalue weighted by Gasteiger charge is -2.28. The number of rotatable bonds is 9. The van der Waals surface area contributed by atoms with Crippen LogP contribution in [-0.4, -0.2) is 30.1 Å². The van der Waals surface area contributed by atoms with E-state index in [9.17, 15) is 14.8 Å². The van der Waals surface area contributed by atoms with E-state index in [1.54, 1.807) is 12.1 Å². The number of nitrogens with one attached hydrogen (secondary N) is 1. The summed E-state index contributed by atoms with van der Waals surface area (Å²) in [5, 5.41) is 24.6. The molecule has 3 aromatic rings. The van der Waals surface area contributed by atoms with Crippen LogP contribution in [0.25, 0.3) is 22.9 Å². The lowest BCUT2D eigenvalue weighted by atomic mass is 9.77. The zero-order valence-electron chi connectivity index (χ0n) is 19.1. The number of anilines is 1. The third-order valence-electron chi connectivity index (χ3n) is 5.66. The Morgan fingerprint density at radius 1 is 1.06 bits per heavy atom. The number of carbonyl (C=O) groups excluding carboxylic acids is 1. The molecule has 1 amide bonds. The molecule has 0 bridgehead atoms. The first-order valence-electron chi connectivity index (χ1n) is 10.8. The molecule has 0 heterocycles. The highest BCUT2D eigenvalue weighted by atomic mass is 16.4. The van der Waals surface area contributed by atoms with E-state index in [1.165, 1.54) is 6.08 Å². The van der Waals surface area contributed by atoms with Gasteiger partial charge in [-0.15, -0.1) is 0 Å². The van der Waals surface area contributed by atoms with Gasteiger partial charge >= 0.3 is 7.12 Å². The largest absolute Gasteiger partial charge is 0.488 e. The van der Waals surface area contributed by atoms with Gasteiger partial charge in [0.05, 0.1) is 5.69 Å². The van der Waals surface area contributed by atoms with Crippen molar-refractivity contribution in [2.75, 3.05) is 11.9 Å². The maximum atomic E-state index is 11.9. The average Bonchev–Trinajstić information content (AvgIpc) is 2.82. The maximum Gasteiger partial charge on any atom is 0.488 e. The van der Waals surface area contributed by atoms with Gasteiger partial charge in [0.15, 0.2) is 0 Å². The van der Waals surface area contributed by atoms with E-state index in [0.29, 0.717) is 18.6 Å². The molecular weight excluding hydrogens is 411 g/mol. The molecule has 0 aliphatic heterocycles. The summed E-state index contributed by atoms with van der Waals surface area (Å²) >= 11 is 0. The second-order valence-corrected chi connectivity index (χ2v) is 7.75. The molecule has 3 N–H and O–H groups in total. The minimum atomic E-state index is -1.54. The van der Waals surface area contributed by atoms with Gasteiger partial charge in [0.25, 0.3) is 0 Å². The van der Waals surface area contributed by atoms with Crippen molar-refractivity contribution in [2.24, 2.45) is 0 Å². The SMILES string of the molecule is C=CC(=O)NCc1c(C=CC)c(C=C)c(N(C)Cc2ccccc2B(O)O)c2ccccc12. The van der Waals surface area contributed by atoms with Crippen molar-refractivity contribution in [2.45, 2.75) is 20.0 Å². The van der Waals surface area contributed by atoms with E-state index < -0.39 is 7.12 Å². The van der Waals surface area contributed by atoms with Crippen LogP contribution in [-0.2, 0) is 17.9 Å². The van der Waals surface area contributed by atoms with E-state index >= 15 is 0 Å². The fraction of sp³-hybridized carbons (Fsp3) is 0.148. The first kappa shape index (κ1) is 24.0. The summed E-state index contributed by atoms with van der Waals surface area (Å²) in [5.74, 6) is -0.231. The Morgan fingerprint density at radius 2 is 1.73 bits per heavy atom. The van der Waals surface area contributed by atoms with Crippen LogP contribution in [0.4, 0.5) is 5.69 Å². The second-order valence-electron chi connectivity index (χ2n) is 7.75. The zero-order valence-corrected chi connectivity index (χ0v) is 19.1. The lowest BCUT2D eigenvalue weighted by molar-refractivity contribution is -0.116. The summed E-state index contributed by atoms with van der Waals surface area (Å²) in [6, 6.07) is 15.4. The third-order valence-corrected chi connectivity index (χ3v) is 5.66. The van der Waals surface area contributed by atoms with Crippen molar-refractivity contribution < 1.29 is 14.8 Å². The molecule has 0 saturated carbocycles. The topological polar surface area (TPSA) is 72.8 Å². The van der Waals surface area contributed by atoms with Crippen molar-refractivity contribution in [3.05, 3.63) is 96.1 Å². The number of amides is 1. The molecule has 0 fully saturated rings. The van der Waals surface area contributed by atoms with Crippen LogP contribution in [0.3, 0.4) is 0 Å². The van der Waals surface area contributed by atoms with Crippen molar-refractivity contribution in [1.29, 1.82) is 0 Å². The molecule has 5 nitrogen and oxygen atoms in total. The van der Waals surface area contributed by atoms with Crippen molar-refractivity contribution in [3.63, 3.8) is 0 Å². The normalized spacial score (nSPS) is 10.9. The van der Waals surface area contributed by atoms with Gasteiger partial charge in [-0.3, -0.25) is 4.79 Å². The maximum absolute atomic E-state index is 11.9. The zero-order chi connectivity index (χ0) is 24.0. The summed E-state index contributed by atoms with van der Waals surface area (Å²) in [6.07, 6.45) is 7.10. The highest BCUT2D eigenvalue weighted by Crippen LogP contribution is 2.38. The molecule has 0 aliphatic rings. The summed E-state index contributed by atoms with van der Waals surface area (Å²) in [7, 11) is 0.438. The molecule has 0 unspecified atom stereocenters. The predicted octanol–water partition coefficient (Wildman–Crippen LogP) is 3.63. The van der Waals surface area contributed by atoms with Gasteiger partial charge in [-0.2, -0.15) is 0 Å². The molecule has 0 atom stereocenters. The Kier molecular flexibility index (Phi) is 7.88. The Morgan fingerprint density at radius 3 is 2.36 bits per heavy atom. The standard InChI is InChI=1S/C27H29BN2O3/c1-5-12-21-20(6-2)27(30(4)18-19-13-8-11-16-25(19)28(32)33)23-15-10-9-14-22(23)24(21)17-29-26(31)7-3/h5-16,32-33H,2-3,17-18H2,1,4H3,(H,29,31). The van der Waals surface area contributed by atoms with Crippen LogP contribution in [0.2, 0.25) is 0 Å². The number of hydrogen-bond donors (Lipinski definition) is 3. The fourth-order valence-corrected chi connectivity index (χ4v) is 4.21. The number of allylic oxidation sites excluding steroid dienone is 1. The van der Waals surface area contributed by atoms with Crippen LogP contribution in [0.15, 0.2) is 73.8 Å². The van der Waals surface area contributed by atoms with Crippen LogP contribution in [0.1, 0.15) is 29.2 Å². The van der Waals surface area contributed by atoms with Crippen molar-refractivity contribution in [1.82, 2.24) is 5.32 Å². The van der Waals surface area contributed by atoms with Gasteiger partial charge < -0.3 is 20.3 Å². The fourth-order valence-electron chi connectivity index (χ4n) is 4.21. The quantitative estimate of drug-likeness (QED) is 0.351. The Balaban J connectivity index is 2.22. The molecule has 6 heteroatoms. The Hall–Kier alpha value is -3.61. The minimum absolute atomic E-state index is 0.231. The highest BCUT2D eigenvalue weighted by molar-refractivity contribution is 6.59. The molecule has 33 heavy (non-hydrogen) atoms. The van der Waals surface area contributed by atoms with E-state index in [0.717, 1.165) is 38.7 Å². The van der Waals surface area contributed by atoms with E-state index in [-0.39, 0.29) is 5.91 Å². The van der Waals surface area contributed by atoms with Crippen LogP contribution in [0.5, 0.6) is 0 Å². The summed E-state index contributed by atoms with van der Waals surface area (Å²) < 4.78 is 0. The molecule has 3 rings (SSSR count).